The van der Waals surface area contributed by atoms with Gasteiger partial charge in [-0.1, -0.05) is 6.92 Å². The number of carbonyl (C=O) groups excluding carboxylic acids is 1. The Morgan fingerprint density at radius 3 is 2.86 bits per heavy atom. The Labute approximate surface area is 85.0 Å². The van der Waals surface area contributed by atoms with Crippen molar-refractivity contribution in [2.45, 2.75) is 52.1 Å². The lowest BCUT2D eigenvalue weighted by molar-refractivity contribution is -0.117. The Bertz CT molecular complexity index is 303. The average Bonchev–Trinajstić information content (AvgIpc) is 2.12. The quantitative estimate of drug-likeness (QED) is 0.642. The van der Waals surface area contributed by atoms with E-state index in [2.05, 4.69) is 6.92 Å². The molecule has 14 heavy (non-hydrogen) atoms. The van der Waals surface area contributed by atoms with Crippen molar-refractivity contribution in [1.82, 2.24) is 0 Å². The topological polar surface area (TPSA) is 37.3 Å². The minimum Gasteiger partial charge on any atom is -0.389 e. The molecular formula is C12H18O2. The molecule has 1 saturated carbocycles. The molecule has 0 aromatic rings. The Hall–Kier alpha value is -0.630. The SMILES string of the molecule is CC1=C2[C@@H](O)CCCC2(C)CCC1=O. The van der Waals surface area contributed by atoms with Gasteiger partial charge in [0.2, 0.25) is 0 Å². The highest BCUT2D eigenvalue weighted by Crippen LogP contribution is 2.48. The minimum atomic E-state index is -0.363. The number of fused-ring (bicyclic) bond motifs is 1. The highest BCUT2D eigenvalue weighted by atomic mass is 16.3. The van der Waals surface area contributed by atoms with Crippen LogP contribution in [-0.2, 0) is 4.79 Å². The van der Waals surface area contributed by atoms with Gasteiger partial charge in [0.05, 0.1) is 6.10 Å². The fourth-order valence-corrected chi connectivity index (χ4v) is 3.06. The summed E-state index contributed by atoms with van der Waals surface area (Å²) in [5.74, 6) is 0.235. The van der Waals surface area contributed by atoms with Gasteiger partial charge in [-0.2, -0.15) is 0 Å². The van der Waals surface area contributed by atoms with Crippen LogP contribution in [0.1, 0.15) is 46.0 Å². The fraction of sp³-hybridized carbons (Fsp3) is 0.750. The van der Waals surface area contributed by atoms with E-state index >= 15 is 0 Å². The normalized spacial score (nSPS) is 38.5. The molecule has 2 aliphatic rings. The summed E-state index contributed by atoms with van der Waals surface area (Å²) in [5.41, 5.74) is 1.99. The fourth-order valence-electron chi connectivity index (χ4n) is 3.06. The molecule has 0 saturated heterocycles. The molecule has 2 rings (SSSR count). The number of Topliss-reactive ketones (excluding diaryl/α,β-unsaturated/α-hetero) is 1. The summed E-state index contributed by atoms with van der Waals surface area (Å²) >= 11 is 0. The zero-order valence-corrected chi connectivity index (χ0v) is 8.97. The van der Waals surface area contributed by atoms with Crippen LogP contribution in [0.25, 0.3) is 0 Å². The molecule has 0 aromatic heterocycles. The Morgan fingerprint density at radius 1 is 1.43 bits per heavy atom. The van der Waals surface area contributed by atoms with E-state index in [0.717, 1.165) is 36.8 Å². The summed E-state index contributed by atoms with van der Waals surface area (Å²) in [5, 5.41) is 9.95. The van der Waals surface area contributed by atoms with E-state index in [1.54, 1.807) is 0 Å². The zero-order chi connectivity index (χ0) is 10.3. The molecular weight excluding hydrogens is 176 g/mol. The first-order valence-corrected chi connectivity index (χ1v) is 5.47. The summed E-state index contributed by atoms with van der Waals surface area (Å²) in [7, 11) is 0. The molecule has 2 aliphatic carbocycles. The van der Waals surface area contributed by atoms with Crippen LogP contribution in [-0.4, -0.2) is 17.0 Å². The van der Waals surface area contributed by atoms with Gasteiger partial charge in [-0.15, -0.1) is 0 Å². The van der Waals surface area contributed by atoms with Gasteiger partial charge < -0.3 is 5.11 Å². The van der Waals surface area contributed by atoms with Crippen molar-refractivity contribution < 1.29 is 9.90 Å². The van der Waals surface area contributed by atoms with Gasteiger partial charge in [0.15, 0.2) is 5.78 Å². The minimum absolute atomic E-state index is 0.107. The molecule has 2 atom stereocenters. The maximum absolute atomic E-state index is 11.6. The maximum Gasteiger partial charge on any atom is 0.158 e. The number of carbonyl (C=O) groups is 1. The van der Waals surface area contributed by atoms with Crippen LogP contribution in [0.5, 0.6) is 0 Å². The van der Waals surface area contributed by atoms with Crippen molar-refractivity contribution in [3.63, 3.8) is 0 Å². The molecule has 78 valence electrons. The Balaban J connectivity index is 2.47. The number of hydrogen-bond acceptors (Lipinski definition) is 2. The third-order valence-corrected chi connectivity index (χ3v) is 3.92. The van der Waals surface area contributed by atoms with Gasteiger partial charge in [-0.3, -0.25) is 4.79 Å². The van der Waals surface area contributed by atoms with E-state index in [1.165, 1.54) is 0 Å². The van der Waals surface area contributed by atoms with Crippen LogP contribution in [0.3, 0.4) is 0 Å². The standard InChI is InChI=1S/C12H18O2/c1-8-9(13)5-7-12(2)6-3-4-10(14)11(8)12/h10,14H,3-7H2,1-2H3/t10-,12?/m0/s1. The highest BCUT2D eigenvalue weighted by Gasteiger charge is 2.41. The van der Waals surface area contributed by atoms with Crippen LogP contribution in [0.15, 0.2) is 11.1 Å². The van der Waals surface area contributed by atoms with Gasteiger partial charge in [0.25, 0.3) is 0 Å². The smallest absolute Gasteiger partial charge is 0.158 e. The van der Waals surface area contributed by atoms with E-state index in [-0.39, 0.29) is 17.3 Å². The molecule has 0 radical (unpaired) electrons. The third-order valence-electron chi connectivity index (χ3n) is 3.92. The van der Waals surface area contributed by atoms with Crippen LogP contribution in [0.4, 0.5) is 0 Å². The predicted octanol–water partition coefficient (Wildman–Crippen LogP) is 2.22. The number of allylic oxidation sites excluding steroid dienone is 1. The van der Waals surface area contributed by atoms with Gasteiger partial charge in [-0.05, 0) is 49.2 Å². The molecule has 1 fully saturated rings. The van der Waals surface area contributed by atoms with E-state index in [0.29, 0.717) is 6.42 Å². The Kier molecular flexibility index (Phi) is 2.26. The van der Waals surface area contributed by atoms with E-state index in [9.17, 15) is 9.90 Å². The summed E-state index contributed by atoms with van der Waals surface area (Å²) in [6, 6.07) is 0. The molecule has 2 nitrogen and oxygen atoms in total. The Morgan fingerprint density at radius 2 is 2.14 bits per heavy atom. The molecule has 0 aliphatic heterocycles. The van der Waals surface area contributed by atoms with E-state index < -0.39 is 0 Å². The molecule has 1 unspecified atom stereocenters. The summed E-state index contributed by atoms with van der Waals surface area (Å²) in [4.78, 5) is 11.6. The first kappa shape index (κ1) is 9.91. The second kappa shape index (κ2) is 3.20. The van der Waals surface area contributed by atoms with Gasteiger partial charge in [0.1, 0.15) is 0 Å². The monoisotopic (exact) mass is 194 g/mol. The lowest BCUT2D eigenvalue weighted by Gasteiger charge is -2.43. The van der Waals surface area contributed by atoms with Crippen LogP contribution < -0.4 is 0 Å². The van der Waals surface area contributed by atoms with E-state index in [1.807, 2.05) is 6.92 Å². The highest BCUT2D eigenvalue weighted by molar-refractivity contribution is 5.97. The molecule has 1 N–H and O–H groups in total. The van der Waals surface area contributed by atoms with Gasteiger partial charge in [0, 0.05) is 6.42 Å². The van der Waals surface area contributed by atoms with Crippen molar-refractivity contribution in [3.05, 3.63) is 11.1 Å². The van der Waals surface area contributed by atoms with Gasteiger partial charge in [-0.25, -0.2) is 0 Å². The average molecular weight is 194 g/mol. The van der Waals surface area contributed by atoms with Crippen molar-refractivity contribution >= 4 is 5.78 Å². The molecule has 0 spiro atoms. The van der Waals surface area contributed by atoms with Crippen LogP contribution in [0.2, 0.25) is 0 Å². The van der Waals surface area contributed by atoms with Gasteiger partial charge >= 0.3 is 0 Å². The lowest BCUT2D eigenvalue weighted by atomic mass is 9.63. The van der Waals surface area contributed by atoms with E-state index in [4.69, 9.17) is 0 Å². The second-order valence-corrected chi connectivity index (χ2v) is 4.93. The third kappa shape index (κ3) is 1.33. The number of rotatable bonds is 0. The maximum atomic E-state index is 11.6. The number of aliphatic hydroxyl groups excluding tert-OH is 1. The summed E-state index contributed by atoms with van der Waals surface area (Å²) in [6.07, 6.45) is 4.27. The summed E-state index contributed by atoms with van der Waals surface area (Å²) < 4.78 is 0. The number of hydrogen-bond donors (Lipinski definition) is 1. The lowest BCUT2D eigenvalue weighted by Crippen LogP contribution is -2.37. The van der Waals surface area contributed by atoms with Crippen molar-refractivity contribution in [2.75, 3.05) is 0 Å². The van der Waals surface area contributed by atoms with Crippen molar-refractivity contribution in [3.8, 4) is 0 Å². The second-order valence-electron chi connectivity index (χ2n) is 4.93. The van der Waals surface area contributed by atoms with Crippen LogP contribution >= 0.6 is 0 Å². The first-order chi connectivity index (χ1) is 6.54. The molecule has 2 heteroatoms. The van der Waals surface area contributed by atoms with Crippen molar-refractivity contribution in [2.24, 2.45) is 5.41 Å². The molecule has 0 heterocycles. The zero-order valence-electron chi connectivity index (χ0n) is 8.97. The number of ketones is 1. The molecule has 0 amide bonds. The summed E-state index contributed by atoms with van der Waals surface area (Å²) in [6.45, 7) is 4.07. The van der Waals surface area contributed by atoms with Crippen LogP contribution in [0, 0.1) is 5.41 Å². The number of aliphatic hydroxyl groups is 1. The molecule has 0 bridgehead atoms. The first-order valence-electron chi connectivity index (χ1n) is 5.47. The van der Waals surface area contributed by atoms with Crippen molar-refractivity contribution in [1.29, 1.82) is 0 Å². The predicted molar refractivity (Wildman–Crippen MR) is 54.9 cm³/mol. The molecule has 0 aromatic carbocycles. The largest absolute Gasteiger partial charge is 0.389 e.